The van der Waals surface area contributed by atoms with Gasteiger partial charge in [-0.3, -0.25) is 4.79 Å². The standard InChI is InChI=1S/C27H26N2O5S/c1-2-3-20-4-6-22(7-5-20)27(30)23(19-28)18-24-10-13-26(34-24)21-8-11-25(12-9-21)35(31,32)29-14-16-33-17-15-29/h4-13,18H,2-3,14-17H2,1H3/b23-18+. The summed E-state index contributed by atoms with van der Waals surface area (Å²) in [6.07, 6.45) is 3.37. The molecule has 0 atom stereocenters. The lowest BCUT2D eigenvalue weighted by molar-refractivity contribution is 0.0730. The maximum atomic E-state index is 12.8. The number of sulfonamides is 1. The number of aryl methyl sites for hydroxylation is 1. The van der Waals surface area contributed by atoms with Crippen LogP contribution in [0, 0.1) is 11.3 Å². The van der Waals surface area contributed by atoms with Gasteiger partial charge < -0.3 is 9.15 Å². The number of furan rings is 1. The SMILES string of the molecule is CCCc1ccc(C(=O)/C(C#N)=C/c2ccc(-c3ccc(S(=O)(=O)N4CCOCC4)cc3)o2)cc1. The molecule has 1 fully saturated rings. The van der Waals surface area contributed by atoms with Gasteiger partial charge in [-0.15, -0.1) is 0 Å². The predicted molar refractivity (Wildman–Crippen MR) is 132 cm³/mol. The van der Waals surface area contributed by atoms with Gasteiger partial charge in [-0.05, 0) is 48.4 Å². The molecular weight excluding hydrogens is 464 g/mol. The molecule has 2 aromatic carbocycles. The number of hydrogen-bond donors (Lipinski definition) is 0. The van der Waals surface area contributed by atoms with Crippen molar-refractivity contribution in [2.24, 2.45) is 0 Å². The van der Waals surface area contributed by atoms with E-state index in [1.165, 1.54) is 10.4 Å². The van der Waals surface area contributed by atoms with Gasteiger partial charge >= 0.3 is 0 Å². The Morgan fingerprint density at radius 3 is 2.34 bits per heavy atom. The molecule has 0 N–H and O–H groups in total. The van der Waals surface area contributed by atoms with E-state index in [1.807, 2.05) is 18.2 Å². The number of Topliss-reactive ketones (excluding diaryl/α,β-unsaturated/α-hetero) is 1. The van der Waals surface area contributed by atoms with Gasteiger partial charge in [-0.25, -0.2) is 8.42 Å². The largest absolute Gasteiger partial charge is 0.457 e. The molecule has 4 rings (SSSR count). The summed E-state index contributed by atoms with van der Waals surface area (Å²) in [5.74, 6) is 0.490. The van der Waals surface area contributed by atoms with E-state index in [-0.39, 0.29) is 16.3 Å². The number of hydrogen-bond acceptors (Lipinski definition) is 6. The van der Waals surface area contributed by atoms with Crippen LogP contribution in [0.2, 0.25) is 0 Å². The average molecular weight is 491 g/mol. The molecule has 7 nitrogen and oxygen atoms in total. The highest BCUT2D eigenvalue weighted by molar-refractivity contribution is 7.89. The normalized spacial score (nSPS) is 15.0. The summed E-state index contributed by atoms with van der Waals surface area (Å²) in [5.41, 5.74) is 2.25. The van der Waals surface area contributed by atoms with Gasteiger partial charge in [0, 0.05) is 30.3 Å². The molecule has 0 bridgehead atoms. The number of allylic oxidation sites excluding steroid dienone is 1. The zero-order valence-electron chi connectivity index (χ0n) is 19.4. The lowest BCUT2D eigenvalue weighted by Gasteiger charge is -2.26. The molecule has 180 valence electrons. The van der Waals surface area contributed by atoms with E-state index in [4.69, 9.17) is 9.15 Å². The molecule has 0 unspecified atom stereocenters. The summed E-state index contributed by atoms with van der Waals surface area (Å²) < 4.78 is 38.1. The lowest BCUT2D eigenvalue weighted by Crippen LogP contribution is -2.40. The molecule has 1 saturated heterocycles. The molecular formula is C27H26N2O5S. The highest BCUT2D eigenvalue weighted by atomic mass is 32.2. The molecule has 2 heterocycles. The van der Waals surface area contributed by atoms with Crippen molar-refractivity contribution in [3.8, 4) is 17.4 Å². The Labute approximate surface area is 205 Å². The summed E-state index contributed by atoms with van der Waals surface area (Å²) in [4.78, 5) is 13.0. The van der Waals surface area contributed by atoms with Crippen LogP contribution in [0.1, 0.15) is 35.0 Å². The monoisotopic (exact) mass is 490 g/mol. The number of morpholine rings is 1. The van der Waals surface area contributed by atoms with Crippen LogP contribution in [0.4, 0.5) is 0 Å². The Kier molecular flexibility index (Phi) is 7.61. The molecule has 0 aliphatic carbocycles. The van der Waals surface area contributed by atoms with E-state index < -0.39 is 10.0 Å². The molecule has 0 amide bonds. The van der Waals surface area contributed by atoms with Crippen LogP contribution < -0.4 is 0 Å². The van der Waals surface area contributed by atoms with Crippen LogP contribution in [0.25, 0.3) is 17.4 Å². The maximum Gasteiger partial charge on any atom is 0.243 e. The first-order valence-electron chi connectivity index (χ1n) is 11.5. The quantitative estimate of drug-likeness (QED) is 0.258. The van der Waals surface area contributed by atoms with Crippen LogP contribution in [0.3, 0.4) is 0 Å². The third-order valence-electron chi connectivity index (χ3n) is 5.78. The van der Waals surface area contributed by atoms with E-state index in [2.05, 4.69) is 6.92 Å². The second kappa shape index (κ2) is 10.8. The molecule has 8 heteroatoms. The Balaban J connectivity index is 1.51. The van der Waals surface area contributed by atoms with E-state index in [1.54, 1.807) is 48.5 Å². The minimum atomic E-state index is -3.58. The predicted octanol–water partition coefficient (Wildman–Crippen LogP) is 4.71. The second-order valence-electron chi connectivity index (χ2n) is 8.19. The van der Waals surface area contributed by atoms with Crippen LogP contribution in [-0.2, 0) is 21.2 Å². The second-order valence-corrected chi connectivity index (χ2v) is 10.1. The molecule has 3 aromatic rings. The number of nitrogens with zero attached hydrogens (tertiary/aromatic N) is 2. The molecule has 0 saturated carbocycles. The Morgan fingerprint density at radius 1 is 1.03 bits per heavy atom. The summed E-state index contributed by atoms with van der Waals surface area (Å²) in [6.45, 7) is 3.53. The summed E-state index contributed by atoms with van der Waals surface area (Å²) >= 11 is 0. The number of benzene rings is 2. The first-order valence-corrected chi connectivity index (χ1v) is 12.9. The van der Waals surface area contributed by atoms with Gasteiger partial charge in [-0.1, -0.05) is 37.6 Å². The molecule has 1 aliphatic heterocycles. The van der Waals surface area contributed by atoms with Gasteiger partial charge in [0.05, 0.1) is 18.1 Å². The van der Waals surface area contributed by atoms with Crippen molar-refractivity contribution in [3.63, 3.8) is 0 Å². The molecule has 1 aromatic heterocycles. The molecule has 0 spiro atoms. The number of ketones is 1. The third-order valence-corrected chi connectivity index (χ3v) is 7.69. The minimum absolute atomic E-state index is 0.0268. The topological polar surface area (TPSA) is 101 Å². The van der Waals surface area contributed by atoms with Crippen molar-refractivity contribution >= 4 is 21.9 Å². The minimum Gasteiger partial charge on any atom is -0.457 e. The van der Waals surface area contributed by atoms with E-state index in [9.17, 15) is 18.5 Å². The number of carbonyl (C=O) groups is 1. The maximum absolute atomic E-state index is 12.8. The summed E-state index contributed by atoms with van der Waals surface area (Å²) in [6, 6.07) is 19.1. The van der Waals surface area contributed by atoms with Crippen LogP contribution in [0.15, 0.2) is 75.5 Å². The first kappa shape index (κ1) is 24.6. The zero-order valence-corrected chi connectivity index (χ0v) is 20.3. The van der Waals surface area contributed by atoms with Gasteiger partial charge in [-0.2, -0.15) is 9.57 Å². The Morgan fingerprint density at radius 2 is 1.71 bits per heavy atom. The van der Waals surface area contributed by atoms with Crippen molar-refractivity contribution in [2.45, 2.75) is 24.7 Å². The number of carbonyl (C=O) groups excluding carboxylic acids is 1. The Hall–Kier alpha value is -3.51. The highest BCUT2D eigenvalue weighted by Crippen LogP contribution is 2.26. The van der Waals surface area contributed by atoms with Crippen molar-refractivity contribution < 1.29 is 22.4 Å². The van der Waals surface area contributed by atoms with Crippen molar-refractivity contribution in [2.75, 3.05) is 26.3 Å². The highest BCUT2D eigenvalue weighted by Gasteiger charge is 2.26. The third kappa shape index (κ3) is 5.60. The van der Waals surface area contributed by atoms with Gasteiger partial charge in [0.15, 0.2) is 0 Å². The van der Waals surface area contributed by atoms with Crippen molar-refractivity contribution in [1.82, 2.24) is 4.31 Å². The summed E-state index contributed by atoms with van der Waals surface area (Å²) in [7, 11) is -3.58. The van der Waals surface area contributed by atoms with Crippen LogP contribution >= 0.6 is 0 Å². The van der Waals surface area contributed by atoms with Crippen LogP contribution in [0.5, 0.6) is 0 Å². The lowest BCUT2D eigenvalue weighted by atomic mass is 10.0. The fraction of sp³-hybridized carbons (Fsp3) is 0.259. The van der Waals surface area contributed by atoms with Crippen LogP contribution in [-0.4, -0.2) is 44.8 Å². The number of ether oxygens (including phenoxy) is 1. The van der Waals surface area contributed by atoms with E-state index in [0.717, 1.165) is 18.4 Å². The first-order chi connectivity index (χ1) is 16.9. The average Bonchev–Trinajstić information content (AvgIpc) is 3.37. The molecule has 1 aliphatic rings. The number of rotatable bonds is 8. The van der Waals surface area contributed by atoms with Crippen molar-refractivity contribution in [1.29, 1.82) is 5.26 Å². The van der Waals surface area contributed by atoms with E-state index in [0.29, 0.717) is 49.0 Å². The van der Waals surface area contributed by atoms with Gasteiger partial charge in [0.1, 0.15) is 23.2 Å². The van der Waals surface area contributed by atoms with Gasteiger partial charge in [0.2, 0.25) is 15.8 Å². The van der Waals surface area contributed by atoms with E-state index >= 15 is 0 Å². The molecule has 35 heavy (non-hydrogen) atoms. The fourth-order valence-corrected chi connectivity index (χ4v) is 5.28. The molecule has 0 radical (unpaired) electrons. The number of nitriles is 1. The fourth-order valence-electron chi connectivity index (χ4n) is 3.87. The zero-order chi connectivity index (χ0) is 24.8. The van der Waals surface area contributed by atoms with Gasteiger partial charge in [0.25, 0.3) is 0 Å². The van der Waals surface area contributed by atoms with Crippen molar-refractivity contribution in [3.05, 3.63) is 83.1 Å². The Bertz CT molecular complexity index is 1360. The smallest absolute Gasteiger partial charge is 0.243 e. The summed E-state index contributed by atoms with van der Waals surface area (Å²) in [5, 5.41) is 9.55.